The molecule has 23 heavy (non-hydrogen) atoms. The van der Waals surface area contributed by atoms with Crippen LogP contribution in [0.4, 0.5) is 10.5 Å². The lowest BCUT2D eigenvalue weighted by Crippen LogP contribution is -2.62. The van der Waals surface area contributed by atoms with Crippen molar-refractivity contribution in [2.75, 3.05) is 25.5 Å². The summed E-state index contributed by atoms with van der Waals surface area (Å²) >= 11 is 0. The SMILES string of the molecule is Cc1ccc(NC(=O)N2CCC[C@]3(CCCC(=O)N3C)C2)cc1. The Morgan fingerprint density at radius 1 is 1.17 bits per heavy atom. The van der Waals surface area contributed by atoms with Crippen LogP contribution in [0.15, 0.2) is 24.3 Å². The summed E-state index contributed by atoms with van der Waals surface area (Å²) in [6, 6.07) is 7.74. The molecule has 2 aliphatic rings. The normalized spacial score (nSPS) is 24.9. The average molecular weight is 315 g/mol. The van der Waals surface area contributed by atoms with Gasteiger partial charge in [0.1, 0.15) is 0 Å². The van der Waals surface area contributed by atoms with Gasteiger partial charge >= 0.3 is 6.03 Å². The third-order valence-corrected chi connectivity index (χ3v) is 5.26. The van der Waals surface area contributed by atoms with Crippen LogP contribution in [0.5, 0.6) is 0 Å². The van der Waals surface area contributed by atoms with E-state index in [1.54, 1.807) is 0 Å². The fourth-order valence-electron chi connectivity index (χ4n) is 3.77. The second-order valence-electron chi connectivity index (χ2n) is 6.85. The van der Waals surface area contributed by atoms with E-state index >= 15 is 0 Å². The maximum atomic E-state index is 12.6. The fourth-order valence-corrected chi connectivity index (χ4v) is 3.77. The molecule has 124 valence electrons. The second-order valence-corrected chi connectivity index (χ2v) is 6.85. The molecule has 0 unspecified atom stereocenters. The number of anilines is 1. The van der Waals surface area contributed by atoms with Crippen LogP contribution in [0.3, 0.4) is 0 Å². The predicted molar refractivity (Wildman–Crippen MR) is 90.4 cm³/mol. The summed E-state index contributed by atoms with van der Waals surface area (Å²) in [5, 5.41) is 2.97. The average Bonchev–Trinajstić information content (AvgIpc) is 2.55. The lowest BCUT2D eigenvalue weighted by Gasteiger charge is -2.50. The number of likely N-dealkylation sites (N-methyl/N-ethyl adjacent to an activating group) is 1. The Bertz CT molecular complexity index is 595. The maximum absolute atomic E-state index is 12.6. The minimum atomic E-state index is -0.168. The summed E-state index contributed by atoms with van der Waals surface area (Å²) in [5.74, 6) is 0.206. The van der Waals surface area contributed by atoms with Crippen molar-refractivity contribution >= 4 is 17.6 Å². The number of benzene rings is 1. The van der Waals surface area contributed by atoms with Crippen LogP contribution in [0.1, 0.15) is 37.7 Å². The minimum Gasteiger partial charge on any atom is -0.338 e. The van der Waals surface area contributed by atoms with Gasteiger partial charge < -0.3 is 15.1 Å². The Hall–Kier alpha value is -2.04. The molecule has 1 atom stereocenters. The molecule has 1 aromatic carbocycles. The molecule has 3 amide bonds. The second kappa shape index (κ2) is 6.22. The Balaban J connectivity index is 1.69. The van der Waals surface area contributed by atoms with Crippen molar-refractivity contribution in [1.29, 1.82) is 0 Å². The van der Waals surface area contributed by atoms with Gasteiger partial charge in [0.15, 0.2) is 0 Å². The molecule has 0 aromatic heterocycles. The minimum absolute atomic E-state index is 0.0700. The third kappa shape index (κ3) is 3.19. The highest BCUT2D eigenvalue weighted by molar-refractivity contribution is 5.89. The van der Waals surface area contributed by atoms with Gasteiger partial charge in [-0.15, -0.1) is 0 Å². The first-order chi connectivity index (χ1) is 11.0. The Morgan fingerprint density at radius 2 is 1.87 bits per heavy atom. The van der Waals surface area contributed by atoms with Crippen molar-refractivity contribution in [3.05, 3.63) is 29.8 Å². The van der Waals surface area contributed by atoms with Gasteiger partial charge in [-0.1, -0.05) is 17.7 Å². The van der Waals surface area contributed by atoms with Gasteiger partial charge in [0.25, 0.3) is 0 Å². The highest BCUT2D eigenvalue weighted by Crippen LogP contribution is 2.35. The van der Waals surface area contributed by atoms with Crippen LogP contribution in [-0.2, 0) is 4.79 Å². The maximum Gasteiger partial charge on any atom is 0.321 e. The highest BCUT2D eigenvalue weighted by Gasteiger charge is 2.44. The quantitative estimate of drug-likeness (QED) is 0.866. The van der Waals surface area contributed by atoms with Crippen molar-refractivity contribution in [1.82, 2.24) is 9.80 Å². The van der Waals surface area contributed by atoms with E-state index in [9.17, 15) is 9.59 Å². The number of hydrogen-bond acceptors (Lipinski definition) is 2. The van der Waals surface area contributed by atoms with Gasteiger partial charge in [0.2, 0.25) is 5.91 Å². The lowest BCUT2D eigenvalue weighted by molar-refractivity contribution is -0.142. The van der Waals surface area contributed by atoms with Crippen LogP contribution in [0.25, 0.3) is 0 Å². The molecule has 2 fully saturated rings. The molecule has 1 aromatic rings. The summed E-state index contributed by atoms with van der Waals surface area (Å²) < 4.78 is 0. The summed E-state index contributed by atoms with van der Waals surface area (Å²) in [4.78, 5) is 28.4. The molecule has 3 rings (SSSR count). The standard InChI is InChI=1S/C18H25N3O2/c1-14-6-8-15(9-7-14)19-17(23)21-12-4-11-18(13-21)10-3-5-16(22)20(18)2/h6-9H,3-5,10-13H2,1-2H3,(H,19,23)/t18-/m1/s1. The van der Waals surface area contributed by atoms with Crippen molar-refractivity contribution in [3.8, 4) is 0 Å². The summed E-state index contributed by atoms with van der Waals surface area (Å²) in [6.45, 7) is 3.41. The van der Waals surface area contributed by atoms with Crippen LogP contribution < -0.4 is 5.32 Å². The van der Waals surface area contributed by atoms with Gasteiger partial charge in [-0.05, 0) is 44.7 Å². The van der Waals surface area contributed by atoms with E-state index in [-0.39, 0.29) is 17.5 Å². The smallest absolute Gasteiger partial charge is 0.321 e. The molecule has 5 nitrogen and oxygen atoms in total. The first-order valence-corrected chi connectivity index (χ1v) is 8.39. The number of carbonyl (C=O) groups is 2. The van der Waals surface area contributed by atoms with E-state index in [0.717, 1.165) is 37.9 Å². The van der Waals surface area contributed by atoms with E-state index in [2.05, 4.69) is 5.32 Å². The number of amides is 3. The molecule has 2 aliphatic heterocycles. The Labute approximate surface area is 137 Å². The van der Waals surface area contributed by atoms with E-state index < -0.39 is 0 Å². The molecule has 2 saturated heterocycles. The van der Waals surface area contributed by atoms with Crippen molar-refractivity contribution in [3.63, 3.8) is 0 Å². The monoisotopic (exact) mass is 315 g/mol. The van der Waals surface area contributed by atoms with Gasteiger partial charge in [0.05, 0.1) is 5.54 Å². The Kier molecular flexibility index (Phi) is 4.28. The zero-order valence-corrected chi connectivity index (χ0v) is 14.0. The van der Waals surface area contributed by atoms with Crippen molar-refractivity contribution in [2.45, 2.75) is 44.6 Å². The molecular weight excluding hydrogens is 290 g/mol. The van der Waals surface area contributed by atoms with E-state index in [4.69, 9.17) is 0 Å². The number of hydrogen-bond donors (Lipinski definition) is 1. The largest absolute Gasteiger partial charge is 0.338 e. The highest BCUT2D eigenvalue weighted by atomic mass is 16.2. The molecule has 0 bridgehead atoms. The number of nitrogens with one attached hydrogen (secondary N) is 1. The number of aryl methyl sites for hydroxylation is 1. The van der Waals surface area contributed by atoms with Gasteiger partial charge in [-0.3, -0.25) is 4.79 Å². The Morgan fingerprint density at radius 3 is 2.61 bits per heavy atom. The van der Waals surface area contributed by atoms with E-state index in [1.807, 2.05) is 48.0 Å². The van der Waals surface area contributed by atoms with Gasteiger partial charge in [-0.2, -0.15) is 0 Å². The zero-order valence-electron chi connectivity index (χ0n) is 14.0. The van der Waals surface area contributed by atoms with Crippen molar-refractivity contribution in [2.24, 2.45) is 0 Å². The molecular formula is C18H25N3O2. The number of rotatable bonds is 1. The van der Waals surface area contributed by atoms with Crippen LogP contribution in [0.2, 0.25) is 0 Å². The molecule has 2 heterocycles. The number of piperidine rings is 2. The molecule has 1 N–H and O–H groups in total. The van der Waals surface area contributed by atoms with Crippen molar-refractivity contribution < 1.29 is 9.59 Å². The number of likely N-dealkylation sites (tertiary alicyclic amines) is 2. The fraction of sp³-hybridized carbons (Fsp3) is 0.556. The lowest BCUT2D eigenvalue weighted by atomic mass is 9.80. The predicted octanol–water partition coefficient (Wildman–Crippen LogP) is 3.00. The summed E-state index contributed by atoms with van der Waals surface area (Å²) in [6.07, 6.45) is 4.48. The molecule has 1 spiro atoms. The number of urea groups is 1. The topological polar surface area (TPSA) is 52.7 Å². The van der Waals surface area contributed by atoms with E-state index in [1.165, 1.54) is 5.56 Å². The van der Waals surface area contributed by atoms with E-state index in [0.29, 0.717) is 13.0 Å². The first-order valence-electron chi connectivity index (χ1n) is 8.39. The van der Waals surface area contributed by atoms with Gasteiger partial charge in [0, 0.05) is 32.2 Å². The third-order valence-electron chi connectivity index (χ3n) is 5.26. The number of nitrogens with zero attached hydrogens (tertiary/aromatic N) is 2. The van der Waals surface area contributed by atoms with Crippen LogP contribution >= 0.6 is 0 Å². The number of carbonyl (C=O) groups excluding carboxylic acids is 2. The molecule has 0 radical (unpaired) electrons. The van der Waals surface area contributed by atoms with Crippen LogP contribution in [0, 0.1) is 6.92 Å². The zero-order chi connectivity index (χ0) is 16.4. The summed E-state index contributed by atoms with van der Waals surface area (Å²) in [7, 11) is 1.89. The van der Waals surface area contributed by atoms with Gasteiger partial charge in [-0.25, -0.2) is 4.79 Å². The molecule has 0 saturated carbocycles. The first kappa shape index (κ1) is 15.8. The molecule has 0 aliphatic carbocycles. The van der Waals surface area contributed by atoms with Crippen LogP contribution in [-0.4, -0.2) is 47.4 Å². The summed E-state index contributed by atoms with van der Waals surface area (Å²) in [5.41, 5.74) is 1.81. The molecule has 5 heteroatoms.